The molecule has 2 heteroatoms. The average molecular weight is 290 g/mol. The molecule has 0 N–H and O–H groups in total. The van der Waals surface area contributed by atoms with Crippen LogP contribution in [0.2, 0.25) is 0 Å². The predicted octanol–water partition coefficient (Wildman–Crippen LogP) is 3.79. The number of rotatable bonds is 2. The third-order valence-electron chi connectivity index (χ3n) is 5.16. The first-order valence-corrected chi connectivity index (χ1v) is 7.82. The van der Waals surface area contributed by atoms with Gasteiger partial charge in [0, 0.05) is 23.0 Å². The van der Waals surface area contributed by atoms with Gasteiger partial charge in [-0.3, -0.25) is 9.59 Å². The Morgan fingerprint density at radius 3 is 1.55 bits per heavy atom. The van der Waals surface area contributed by atoms with E-state index in [-0.39, 0.29) is 11.6 Å². The Balaban J connectivity index is 1.87. The Labute approximate surface area is 130 Å². The Morgan fingerprint density at radius 2 is 1.18 bits per heavy atom. The number of hydrogen-bond acceptors (Lipinski definition) is 2. The fourth-order valence-corrected chi connectivity index (χ4v) is 4.09. The van der Waals surface area contributed by atoms with Gasteiger partial charge in [-0.15, -0.1) is 0 Å². The number of hydrogen-bond donors (Lipinski definition) is 0. The first-order valence-electron chi connectivity index (χ1n) is 7.82. The maximum Gasteiger partial charge on any atom is 0.159 e. The highest BCUT2D eigenvalue weighted by Crippen LogP contribution is 2.52. The smallest absolute Gasteiger partial charge is 0.159 e. The summed E-state index contributed by atoms with van der Waals surface area (Å²) in [6.45, 7) is 3.26. The van der Waals surface area contributed by atoms with Crippen LogP contribution >= 0.6 is 0 Å². The summed E-state index contributed by atoms with van der Waals surface area (Å²) in [5, 5.41) is 0. The number of Topliss-reactive ketones (excluding diaryl/α,β-unsaturated/α-hetero) is 2. The van der Waals surface area contributed by atoms with Crippen molar-refractivity contribution in [3.05, 3.63) is 69.9 Å². The molecule has 1 saturated carbocycles. The minimum atomic E-state index is 0.130. The van der Waals surface area contributed by atoms with Crippen LogP contribution in [0.1, 0.15) is 26.7 Å². The Kier molecular flexibility index (Phi) is 2.83. The molecule has 4 aliphatic rings. The summed E-state index contributed by atoms with van der Waals surface area (Å²) < 4.78 is 0. The lowest BCUT2D eigenvalue weighted by atomic mass is 9.61. The molecule has 0 saturated heterocycles. The third-order valence-corrected chi connectivity index (χ3v) is 5.16. The van der Waals surface area contributed by atoms with Gasteiger partial charge in [0.15, 0.2) is 11.6 Å². The average Bonchev–Trinajstić information content (AvgIpc) is 2.51. The minimum absolute atomic E-state index is 0.130. The van der Waals surface area contributed by atoms with Crippen molar-refractivity contribution in [2.75, 3.05) is 0 Å². The summed E-state index contributed by atoms with van der Waals surface area (Å²) in [6.07, 6.45) is 14.5. The van der Waals surface area contributed by atoms with Crippen molar-refractivity contribution in [2.45, 2.75) is 26.7 Å². The molecule has 0 radical (unpaired) electrons. The zero-order chi connectivity index (χ0) is 15.4. The zero-order valence-electron chi connectivity index (χ0n) is 12.8. The summed E-state index contributed by atoms with van der Waals surface area (Å²) in [5.74, 6) is 0.969. The molecule has 0 aliphatic heterocycles. The Morgan fingerprint density at radius 1 is 0.773 bits per heavy atom. The van der Waals surface area contributed by atoms with E-state index in [0.717, 1.165) is 24.0 Å². The molecule has 110 valence electrons. The van der Waals surface area contributed by atoms with Crippen LogP contribution in [0.15, 0.2) is 69.9 Å². The molecule has 2 nitrogen and oxygen atoms in total. The summed E-state index contributed by atoms with van der Waals surface area (Å²) in [4.78, 5) is 23.5. The van der Waals surface area contributed by atoms with E-state index in [0.29, 0.717) is 11.8 Å². The third kappa shape index (κ3) is 1.87. The van der Waals surface area contributed by atoms with Crippen LogP contribution in [0.3, 0.4) is 0 Å². The van der Waals surface area contributed by atoms with Crippen molar-refractivity contribution >= 4 is 11.6 Å². The largest absolute Gasteiger partial charge is 0.295 e. The normalized spacial score (nSPS) is 28.3. The molecule has 0 spiro atoms. The van der Waals surface area contributed by atoms with Crippen LogP contribution in [0, 0.1) is 11.8 Å². The first-order chi connectivity index (χ1) is 10.5. The molecule has 4 rings (SSSR count). The Hall–Kier alpha value is -2.22. The van der Waals surface area contributed by atoms with E-state index in [9.17, 15) is 9.59 Å². The van der Waals surface area contributed by atoms with E-state index < -0.39 is 0 Å². The monoisotopic (exact) mass is 290 g/mol. The molecule has 0 amide bonds. The second-order valence-corrected chi connectivity index (χ2v) is 6.54. The number of carbonyl (C=O) groups is 2. The molecule has 2 atom stereocenters. The SMILES string of the molecule is CC(=O)C1=CC2=CC=C3C=C(C(C)=O)C=C4CCC(=C1)[C@H]2[C@@H]34. The summed E-state index contributed by atoms with van der Waals surface area (Å²) in [6, 6.07) is 0. The van der Waals surface area contributed by atoms with Gasteiger partial charge >= 0.3 is 0 Å². The lowest BCUT2D eigenvalue weighted by Crippen LogP contribution is -2.32. The van der Waals surface area contributed by atoms with Crippen LogP contribution in [-0.4, -0.2) is 11.6 Å². The molecule has 0 bridgehead atoms. The lowest BCUT2D eigenvalue weighted by molar-refractivity contribution is -0.114. The second kappa shape index (κ2) is 4.64. The summed E-state index contributed by atoms with van der Waals surface area (Å²) in [7, 11) is 0. The zero-order valence-corrected chi connectivity index (χ0v) is 12.8. The fourth-order valence-electron chi connectivity index (χ4n) is 4.09. The predicted molar refractivity (Wildman–Crippen MR) is 86.1 cm³/mol. The van der Waals surface area contributed by atoms with Crippen LogP contribution in [0.25, 0.3) is 0 Å². The lowest BCUT2D eigenvalue weighted by Gasteiger charge is -2.43. The van der Waals surface area contributed by atoms with Gasteiger partial charge in [-0.25, -0.2) is 0 Å². The van der Waals surface area contributed by atoms with E-state index in [1.54, 1.807) is 13.8 Å². The molecule has 22 heavy (non-hydrogen) atoms. The molecular formula is C20H18O2. The van der Waals surface area contributed by atoms with Crippen LogP contribution in [-0.2, 0) is 9.59 Å². The molecule has 0 heterocycles. The van der Waals surface area contributed by atoms with E-state index in [2.05, 4.69) is 24.3 Å². The van der Waals surface area contributed by atoms with Gasteiger partial charge in [-0.1, -0.05) is 35.5 Å². The molecule has 0 aromatic carbocycles. The van der Waals surface area contributed by atoms with Crippen LogP contribution in [0.4, 0.5) is 0 Å². The van der Waals surface area contributed by atoms with Gasteiger partial charge < -0.3 is 0 Å². The van der Waals surface area contributed by atoms with E-state index >= 15 is 0 Å². The van der Waals surface area contributed by atoms with E-state index in [4.69, 9.17) is 0 Å². The molecule has 1 fully saturated rings. The summed E-state index contributed by atoms with van der Waals surface area (Å²) in [5.41, 5.74) is 6.84. The van der Waals surface area contributed by atoms with Crippen LogP contribution < -0.4 is 0 Å². The maximum absolute atomic E-state index is 11.7. The molecule has 0 aromatic heterocycles. The standard InChI is InChI=1S/C20H18O2/c1-11(21)17-7-13-3-5-15-9-18(12(2)22)10-16-6-4-14(8-17)19(13)20(15)16/h3,5,7-10,19-20H,4,6H2,1-2H3/t19-,20-/m0/s1. The molecule has 0 aromatic rings. The second-order valence-electron chi connectivity index (χ2n) is 6.54. The highest BCUT2D eigenvalue weighted by Gasteiger charge is 2.40. The highest BCUT2D eigenvalue weighted by molar-refractivity contribution is 5.98. The maximum atomic E-state index is 11.7. The van der Waals surface area contributed by atoms with Gasteiger partial charge in [-0.2, -0.15) is 0 Å². The number of allylic oxidation sites excluding steroid dienone is 12. The molecule has 0 unspecified atom stereocenters. The van der Waals surface area contributed by atoms with Crippen molar-refractivity contribution in [1.82, 2.24) is 0 Å². The van der Waals surface area contributed by atoms with Crippen molar-refractivity contribution in [3.8, 4) is 0 Å². The number of ketones is 2. The molecule has 4 aliphatic carbocycles. The van der Waals surface area contributed by atoms with E-state index in [1.165, 1.54) is 22.3 Å². The summed E-state index contributed by atoms with van der Waals surface area (Å²) >= 11 is 0. The van der Waals surface area contributed by atoms with Gasteiger partial charge in [-0.05, 0) is 50.0 Å². The Bertz CT molecular complexity index is 726. The first kappa shape index (κ1) is 13.4. The van der Waals surface area contributed by atoms with Crippen molar-refractivity contribution in [3.63, 3.8) is 0 Å². The van der Waals surface area contributed by atoms with Gasteiger partial charge in [0.2, 0.25) is 0 Å². The highest BCUT2D eigenvalue weighted by atomic mass is 16.1. The topological polar surface area (TPSA) is 34.1 Å². The number of carbonyl (C=O) groups excluding carboxylic acids is 2. The van der Waals surface area contributed by atoms with Crippen molar-refractivity contribution < 1.29 is 9.59 Å². The van der Waals surface area contributed by atoms with Crippen LogP contribution in [0.5, 0.6) is 0 Å². The van der Waals surface area contributed by atoms with Gasteiger partial charge in [0.25, 0.3) is 0 Å². The van der Waals surface area contributed by atoms with Gasteiger partial charge in [0.05, 0.1) is 0 Å². The molecular weight excluding hydrogens is 272 g/mol. The van der Waals surface area contributed by atoms with E-state index in [1.807, 2.05) is 12.2 Å². The van der Waals surface area contributed by atoms with Crippen molar-refractivity contribution in [1.29, 1.82) is 0 Å². The van der Waals surface area contributed by atoms with Crippen molar-refractivity contribution in [2.24, 2.45) is 11.8 Å². The fraction of sp³-hybridized carbons (Fsp3) is 0.300. The quantitative estimate of drug-likeness (QED) is 0.775. The minimum Gasteiger partial charge on any atom is -0.295 e. The van der Waals surface area contributed by atoms with Gasteiger partial charge in [0.1, 0.15) is 0 Å².